The maximum atomic E-state index is 12.0. The number of rotatable bonds is 6. The van der Waals surface area contributed by atoms with E-state index in [4.69, 9.17) is 4.74 Å². The molecular formula is C14H17F3N2O2. The summed E-state index contributed by atoms with van der Waals surface area (Å²) in [6.07, 6.45) is -4.21. The first kappa shape index (κ1) is 15.6. The molecule has 21 heavy (non-hydrogen) atoms. The molecule has 0 fully saturated rings. The molecule has 116 valence electrons. The number of benzene rings is 1. The number of amides is 1. The molecule has 0 saturated heterocycles. The molecule has 0 saturated carbocycles. The summed E-state index contributed by atoms with van der Waals surface area (Å²) < 4.78 is 41.1. The van der Waals surface area contributed by atoms with E-state index in [0.29, 0.717) is 30.9 Å². The van der Waals surface area contributed by atoms with Gasteiger partial charge in [-0.1, -0.05) is 6.07 Å². The molecule has 1 aliphatic heterocycles. The molecule has 1 aliphatic rings. The van der Waals surface area contributed by atoms with Crippen molar-refractivity contribution in [2.75, 3.05) is 18.5 Å². The highest BCUT2D eigenvalue weighted by atomic mass is 19.4. The molecule has 1 heterocycles. The topological polar surface area (TPSA) is 50.4 Å². The van der Waals surface area contributed by atoms with Crippen LogP contribution >= 0.6 is 0 Å². The fraction of sp³-hybridized carbons (Fsp3) is 0.500. The summed E-state index contributed by atoms with van der Waals surface area (Å²) in [5.41, 5.74) is 1.57. The quantitative estimate of drug-likeness (QED) is 0.795. The summed E-state index contributed by atoms with van der Waals surface area (Å²) in [7, 11) is 0. The van der Waals surface area contributed by atoms with Crippen LogP contribution in [-0.4, -0.2) is 25.2 Å². The molecule has 1 aromatic rings. The third-order valence-corrected chi connectivity index (χ3v) is 3.07. The van der Waals surface area contributed by atoms with Crippen LogP contribution in [-0.2, 0) is 11.3 Å². The molecule has 1 aromatic carbocycles. The van der Waals surface area contributed by atoms with E-state index in [-0.39, 0.29) is 18.9 Å². The molecule has 0 aliphatic carbocycles. The van der Waals surface area contributed by atoms with Gasteiger partial charge < -0.3 is 15.4 Å². The second kappa shape index (κ2) is 6.80. The number of nitrogens with one attached hydrogen (secondary N) is 2. The van der Waals surface area contributed by atoms with Crippen LogP contribution in [0.3, 0.4) is 0 Å². The van der Waals surface area contributed by atoms with Crippen LogP contribution in [0.2, 0.25) is 0 Å². The minimum atomic E-state index is -4.07. The zero-order chi connectivity index (χ0) is 15.3. The Labute approximate surface area is 120 Å². The van der Waals surface area contributed by atoms with Crippen LogP contribution < -0.4 is 15.4 Å². The van der Waals surface area contributed by atoms with Crippen molar-refractivity contribution in [2.45, 2.75) is 32.0 Å². The van der Waals surface area contributed by atoms with E-state index < -0.39 is 12.6 Å². The highest BCUT2D eigenvalue weighted by molar-refractivity contribution is 5.95. The molecule has 4 nitrogen and oxygen atoms in total. The van der Waals surface area contributed by atoms with Gasteiger partial charge in [0.2, 0.25) is 0 Å². The van der Waals surface area contributed by atoms with Crippen molar-refractivity contribution < 1.29 is 22.7 Å². The van der Waals surface area contributed by atoms with Crippen LogP contribution in [0.15, 0.2) is 18.2 Å². The molecule has 0 radical (unpaired) electrons. The third kappa shape index (κ3) is 5.26. The van der Waals surface area contributed by atoms with Crippen LogP contribution in [0.4, 0.5) is 18.9 Å². The fourth-order valence-electron chi connectivity index (χ4n) is 2.05. The third-order valence-electron chi connectivity index (χ3n) is 3.07. The molecule has 0 bridgehead atoms. The lowest BCUT2D eigenvalue weighted by Crippen LogP contribution is -2.25. The van der Waals surface area contributed by atoms with E-state index >= 15 is 0 Å². The van der Waals surface area contributed by atoms with E-state index in [1.807, 2.05) is 6.07 Å². The average Bonchev–Trinajstić information content (AvgIpc) is 2.41. The van der Waals surface area contributed by atoms with Crippen molar-refractivity contribution in [1.29, 1.82) is 0 Å². The van der Waals surface area contributed by atoms with E-state index in [1.165, 1.54) is 0 Å². The zero-order valence-electron chi connectivity index (χ0n) is 11.4. The monoisotopic (exact) mass is 302 g/mol. The smallest absolute Gasteiger partial charge is 0.389 e. The lowest BCUT2D eigenvalue weighted by molar-refractivity contribution is -0.135. The Morgan fingerprint density at radius 2 is 2.10 bits per heavy atom. The van der Waals surface area contributed by atoms with Gasteiger partial charge in [-0.2, -0.15) is 13.2 Å². The van der Waals surface area contributed by atoms with E-state index in [9.17, 15) is 18.0 Å². The highest BCUT2D eigenvalue weighted by Gasteiger charge is 2.25. The summed E-state index contributed by atoms with van der Waals surface area (Å²) in [5, 5.41) is 5.80. The van der Waals surface area contributed by atoms with Crippen molar-refractivity contribution in [3.05, 3.63) is 23.8 Å². The molecule has 0 spiro atoms. The maximum Gasteiger partial charge on any atom is 0.389 e. The first-order valence-corrected chi connectivity index (χ1v) is 6.77. The van der Waals surface area contributed by atoms with Crippen LogP contribution in [0.25, 0.3) is 0 Å². The standard InChI is InChI=1S/C14H17F3N2O2/c15-14(16,17)5-1-2-6-18-8-10-3-4-12-11(7-10)19-13(20)9-21-12/h3-4,7,18H,1-2,5-6,8-9H2,(H,19,20). The summed E-state index contributed by atoms with van der Waals surface area (Å²) >= 11 is 0. The Balaban J connectivity index is 1.72. The first-order valence-electron chi connectivity index (χ1n) is 6.77. The van der Waals surface area contributed by atoms with Crippen molar-refractivity contribution in [3.8, 4) is 5.75 Å². The number of carbonyl (C=O) groups excluding carboxylic acids is 1. The number of anilines is 1. The molecule has 0 aromatic heterocycles. The van der Waals surface area contributed by atoms with Gasteiger partial charge in [-0.25, -0.2) is 0 Å². The second-order valence-corrected chi connectivity index (χ2v) is 4.92. The molecule has 2 rings (SSSR count). The Morgan fingerprint density at radius 1 is 1.29 bits per heavy atom. The largest absolute Gasteiger partial charge is 0.482 e. The van der Waals surface area contributed by atoms with Crippen molar-refractivity contribution >= 4 is 11.6 Å². The Kier molecular flexibility index (Phi) is 5.06. The number of carbonyl (C=O) groups is 1. The summed E-state index contributed by atoms with van der Waals surface area (Å²) in [4.78, 5) is 11.2. The Hall–Kier alpha value is -1.76. The minimum Gasteiger partial charge on any atom is -0.482 e. The number of unbranched alkanes of at least 4 members (excludes halogenated alkanes) is 1. The van der Waals surface area contributed by atoms with Gasteiger partial charge in [0.05, 0.1) is 5.69 Å². The first-order chi connectivity index (χ1) is 9.94. The van der Waals surface area contributed by atoms with Gasteiger partial charge in [0.1, 0.15) is 5.75 Å². The van der Waals surface area contributed by atoms with Crippen molar-refractivity contribution in [3.63, 3.8) is 0 Å². The van der Waals surface area contributed by atoms with Crippen LogP contribution in [0, 0.1) is 0 Å². The van der Waals surface area contributed by atoms with Crippen molar-refractivity contribution in [1.82, 2.24) is 5.32 Å². The lowest BCUT2D eigenvalue weighted by atomic mass is 10.1. The Morgan fingerprint density at radius 3 is 2.86 bits per heavy atom. The van der Waals surface area contributed by atoms with Crippen LogP contribution in [0.1, 0.15) is 24.8 Å². The van der Waals surface area contributed by atoms with Gasteiger partial charge in [-0.05, 0) is 37.1 Å². The number of halogens is 3. The van der Waals surface area contributed by atoms with E-state index in [1.54, 1.807) is 12.1 Å². The fourth-order valence-corrected chi connectivity index (χ4v) is 2.05. The molecular weight excluding hydrogens is 285 g/mol. The number of alkyl halides is 3. The molecule has 7 heteroatoms. The zero-order valence-corrected chi connectivity index (χ0v) is 11.4. The normalized spacial score (nSPS) is 14.3. The lowest BCUT2D eigenvalue weighted by Gasteiger charge is -2.18. The highest BCUT2D eigenvalue weighted by Crippen LogP contribution is 2.28. The van der Waals surface area contributed by atoms with E-state index in [0.717, 1.165) is 5.56 Å². The molecule has 0 unspecified atom stereocenters. The number of ether oxygens (including phenoxy) is 1. The summed E-state index contributed by atoms with van der Waals surface area (Å²) in [5.74, 6) is 0.434. The molecule has 1 amide bonds. The van der Waals surface area contributed by atoms with Gasteiger partial charge in [-0.15, -0.1) is 0 Å². The maximum absolute atomic E-state index is 12.0. The van der Waals surface area contributed by atoms with Crippen molar-refractivity contribution in [2.24, 2.45) is 0 Å². The van der Waals surface area contributed by atoms with Gasteiger partial charge in [0.15, 0.2) is 6.61 Å². The van der Waals surface area contributed by atoms with Crippen LogP contribution in [0.5, 0.6) is 5.75 Å². The number of hydrogen-bond donors (Lipinski definition) is 2. The number of fused-ring (bicyclic) bond motifs is 1. The SMILES string of the molecule is O=C1COc2ccc(CNCCCCC(F)(F)F)cc2N1. The summed E-state index contributed by atoms with van der Waals surface area (Å²) in [6.45, 7) is 1.08. The van der Waals surface area contributed by atoms with Gasteiger partial charge in [-0.3, -0.25) is 4.79 Å². The summed E-state index contributed by atoms with van der Waals surface area (Å²) in [6, 6.07) is 5.43. The molecule has 0 atom stereocenters. The van der Waals surface area contributed by atoms with E-state index in [2.05, 4.69) is 10.6 Å². The van der Waals surface area contributed by atoms with Gasteiger partial charge in [0, 0.05) is 13.0 Å². The van der Waals surface area contributed by atoms with Gasteiger partial charge in [0.25, 0.3) is 5.91 Å². The average molecular weight is 302 g/mol. The molecule has 2 N–H and O–H groups in total. The predicted octanol–water partition coefficient (Wildman–Crippen LogP) is 2.84. The minimum absolute atomic E-state index is 0.0177. The predicted molar refractivity (Wildman–Crippen MR) is 72.2 cm³/mol. The van der Waals surface area contributed by atoms with Gasteiger partial charge >= 0.3 is 6.18 Å². The Bertz CT molecular complexity index is 503. The number of hydrogen-bond acceptors (Lipinski definition) is 3. The second-order valence-electron chi connectivity index (χ2n) is 4.92.